The Hall–Kier alpha value is -4.00. The van der Waals surface area contributed by atoms with Crippen molar-refractivity contribution in [2.24, 2.45) is 4.36 Å². The number of hydrogen-bond donors (Lipinski definition) is 0. The van der Waals surface area contributed by atoms with Gasteiger partial charge in [-0.05, 0) is 67.3 Å². The fourth-order valence-electron chi connectivity index (χ4n) is 5.96. The molecule has 9 heteroatoms. The lowest BCUT2D eigenvalue weighted by molar-refractivity contribution is 0.0723. The normalized spacial score (nSPS) is 17.7. The number of aryl methyl sites for hydroxylation is 3. The molecular weight excluding hydrogens is 532 g/mol. The third kappa shape index (κ3) is 6.19. The van der Waals surface area contributed by atoms with Crippen LogP contribution in [-0.2, 0) is 18.0 Å². The van der Waals surface area contributed by atoms with E-state index in [4.69, 9.17) is 0 Å². The highest BCUT2D eigenvalue weighted by Gasteiger charge is 2.32. The molecule has 41 heavy (non-hydrogen) atoms. The van der Waals surface area contributed by atoms with Crippen molar-refractivity contribution in [3.05, 3.63) is 94.0 Å². The molecule has 0 spiro atoms. The zero-order chi connectivity index (χ0) is 28.9. The van der Waals surface area contributed by atoms with Gasteiger partial charge in [0.1, 0.15) is 6.07 Å². The summed E-state index contributed by atoms with van der Waals surface area (Å²) in [6, 6.07) is 22.3. The van der Waals surface area contributed by atoms with Gasteiger partial charge in [-0.2, -0.15) is 13.8 Å². The largest absolute Gasteiger partial charge is 0.368 e. The lowest BCUT2D eigenvalue weighted by Crippen LogP contribution is -2.54. The number of carbonyl (C=O) groups is 1. The van der Waals surface area contributed by atoms with Crippen LogP contribution in [0.3, 0.4) is 0 Å². The number of hydrogen-bond acceptors (Lipinski definition) is 7. The first-order chi connectivity index (χ1) is 19.9. The predicted molar refractivity (Wildman–Crippen MR) is 163 cm³/mol. The summed E-state index contributed by atoms with van der Waals surface area (Å²) in [6.45, 7) is 11.9. The van der Waals surface area contributed by atoms with Crippen molar-refractivity contribution in [1.82, 2.24) is 9.80 Å². The van der Waals surface area contributed by atoms with Gasteiger partial charge in [-0.15, -0.1) is 0 Å². The molecule has 0 aliphatic carbocycles. The molecule has 2 fully saturated rings. The van der Waals surface area contributed by atoms with E-state index in [1.54, 1.807) is 0 Å². The van der Waals surface area contributed by atoms with Crippen LogP contribution in [0, 0.1) is 32.1 Å². The van der Waals surface area contributed by atoms with Gasteiger partial charge >= 0.3 is 0 Å². The number of nitrogens with zero attached hydrogens (tertiary/aromatic N) is 6. The van der Waals surface area contributed by atoms with Crippen LogP contribution in [0.25, 0.3) is 0 Å². The fraction of sp³-hybridized carbons (Fsp3) is 0.375. The molecule has 3 aromatic rings. The Kier molecular flexibility index (Phi) is 8.81. The van der Waals surface area contributed by atoms with Gasteiger partial charge in [0.15, 0.2) is 6.17 Å². The molecule has 2 aliphatic rings. The summed E-state index contributed by atoms with van der Waals surface area (Å²) in [5.41, 5.74) is 7.88. The maximum absolute atomic E-state index is 13.8. The van der Waals surface area contributed by atoms with Gasteiger partial charge in [-0.3, -0.25) is 9.69 Å². The van der Waals surface area contributed by atoms with Crippen LogP contribution in [0.4, 0.5) is 11.4 Å². The summed E-state index contributed by atoms with van der Waals surface area (Å²) >= 11 is 0.220. The van der Waals surface area contributed by atoms with Crippen LogP contribution in [-0.4, -0.2) is 71.9 Å². The molecule has 1 unspecified atom stereocenters. The van der Waals surface area contributed by atoms with Gasteiger partial charge in [-0.25, -0.2) is 0 Å². The van der Waals surface area contributed by atoms with Crippen molar-refractivity contribution in [2.45, 2.75) is 33.5 Å². The number of amides is 1. The molecule has 0 bridgehead atoms. The standard InChI is InChI=1S/C32H36N6O2S/c1-23-8-4-6-10-29(23)38-17-16-37(22-31(38)34-41-40)32(39)28-19-27(24(2)18-25(28)3)21-35-12-14-36(15-13-35)30-11-7-5-9-26(30)20-33/h4-11,18-19,31H,12-17,21-22H2,1-3H3. The third-order valence-corrected chi connectivity index (χ3v) is 8.61. The molecule has 0 saturated carbocycles. The lowest BCUT2D eigenvalue weighted by Gasteiger charge is -2.41. The van der Waals surface area contributed by atoms with Gasteiger partial charge in [0, 0.05) is 57.1 Å². The average Bonchev–Trinajstić information content (AvgIpc) is 2.99. The van der Waals surface area contributed by atoms with Crippen LogP contribution >= 0.6 is 0 Å². The summed E-state index contributed by atoms with van der Waals surface area (Å²) in [6.07, 6.45) is -0.399. The first-order valence-electron chi connectivity index (χ1n) is 14.1. The Morgan fingerprint density at radius 2 is 1.61 bits per heavy atom. The molecular formula is C32H36N6O2S. The molecule has 5 rings (SSSR count). The van der Waals surface area contributed by atoms with Crippen molar-refractivity contribution in [1.29, 1.82) is 5.26 Å². The summed E-state index contributed by atoms with van der Waals surface area (Å²) in [5, 5.41) is 9.49. The maximum atomic E-state index is 13.8. The van der Waals surface area contributed by atoms with Crippen LogP contribution in [0.1, 0.15) is 38.2 Å². The molecule has 2 aliphatic heterocycles. The Bertz CT molecular complexity index is 1520. The van der Waals surface area contributed by atoms with Crippen LogP contribution in [0.5, 0.6) is 0 Å². The molecule has 2 saturated heterocycles. The minimum absolute atomic E-state index is 0.0118. The molecule has 1 amide bonds. The van der Waals surface area contributed by atoms with Gasteiger partial charge in [0.2, 0.25) is 11.5 Å². The zero-order valence-corrected chi connectivity index (χ0v) is 24.7. The lowest BCUT2D eigenvalue weighted by atomic mass is 9.98. The SMILES string of the molecule is Cc1cc(C)c(C(=O)N2CCN(c3ccccc3C)C(N=S=O)C2)cc1CN1CCN(c2ccccc2C#N)CC1. The second kappa shape index (κ2) is 12.7. The monoisotopic (exact) mass is 568 g/mol. The van der Waals surface area contributed by atoms with E-state index in [9.17, 15) is 14.3 Å². The summed E-state index contributed by atoms with van der Waals surface area (Å²) < 4.78 is 15.7. The van der Waals surface area contributed by atoms with Crippen LogP contribution < -0.4 is 9.80 Å². The summed E-state index contributed by atoms with van der Waals surface area (Å²) in [4.78, 5) is 22.5. The predicted octanol–water partition coefficient (Wildman–Crippen LogP) is 4.49. The Labute approximate surface area is 246 Å². The fourth-order valence-corrected chi connectivity index (χ4v) is 6.24. The van der Waals surface area contributed by atoms with E-state index in [2.05, 4.69) is 57.2 Å². The number of benzene rings is 3. The zero-order valence-electron chi connectivity index (χ0n) is 23.9. The van der Waals surface area contributed by atoms with Crippen molar-refractivity contribution < 1.29 is 9.00 Å². The molecule has 0 aromatic heterocycles. The first-order valence-corrected chi connectivity index (χ1v) is 14.8. The molecule has 2 heterocycles. The minimum Gasteiger partial charge on any atom is -0.368 e. The van der Waals surface area contributed by atoms with Gasteiger partial charge in [-0.1, -0.05) is 36.4 Å². The number of anilines is 2. The minimum atomic E-state index is -0.399. The van der Waals surface area contributed by atoms with Crippen molar-refractivity contribution in [3.63, 3.8) is 0 Å². The van der Waals surface area contributed by atoms with E-state index in [0.717, 1.165) is 60.8 Å². The van der Waals surface area contributed by atoms with Crippen molar-refractivity contribution in [3.8, 4) is 6.07 Å². The first kappa shape index (κ1) is 28.5. The molecule has 1 atom stereocenters. The highest BCUT2D eigenvalue weighted by molar-refractivity contribution is 7.54. The number of carbonyl (C=O) groups excluding carboxylic acids is 1. The van der Waals surface area contributed by atoms with E-state index >= 15 is 0 Å². The van der Waals surface area contributed by atoms with E-state index < -0.39 is 6.17 Å². The smallest absolute Gasteiger partial charge is 0.254 e. The second-order valence-corrected chi connectivity index (χ2v) is 11.2. The highest BCUT2D eigenvalue weighted by Crippen LogP contribution is 2.27. The van der Waals surface area contributed by atoms with E-state index in [0.29, 0.717) is 30.8 Å². The van der Waals surface area contributed by atoms with Gasteiger partial charge in [0.05, 0.1) is 17.8 Å². The summed E-state index contributed by atoms with van der Waals surface area (Å²) in [7, 11) is 0. The second-order valence-electron chi connectivity index (χ2n) is 10.9. The van der Waals surface area contributed by atoms with Crippen LogP contribution in [0.2, 0.25) is 0 Å². The van der Waals surface area contributed by atoms with E-state index in [-0.39, 0.29) is 17.4 Å². The average molecular weight is 569 g/mol. The molecule has 3 aromatic carbocycles. The Morgan fingerprint density at radius 3 is 2.32 bits per heavy atom. The third-order valence-electron chi connectivity index (χ3n) is 8.28. The van der Waals surface area contributed by atoms with Crippen molar-refractivity contribution in [2.75, 3.05) is 55.6 Å². The number of nitriles is 1. The number of piperazine rings is 2. The van der Waals surface area contributed by atoms with Crippen molar-refractivity contribution >= 4 is 28.7 Å². The molecule has 0 N–H and O–H groups in total. The van der Waals surface area contributed by atoms with E-state index in [1.807, 2.05) is 54.3 Å². The Morgan fingerprint density at radius 1 is 0.902 bits per heavy atom. The van der Waals surface area contributed by atoms with E-state index in [1.165, 1.54) is 5.56 Å². The Balaban J connectivity index is 1.28. The maximum Gasteiger partial charge on any atom is 0.254 e. The molecule has 8 nitrogen and oxygen atoms in total. The molecule has 0 radical (unpaired) electrons. The molecule has 212 valence electrons. The van der Waals surface area contributed by atoms with Gasteiger partial charge < -0.3 is 14.7 Å². The summed E-state index contributed by atoms with van der Waals surface area (Å²) in [5.74, 6) is -0.0118. The topological polar surface area (TPSA) is 83.2 Å². The number of para-hydroxylation sites is 2. The van der Waals surface area contributed by atoms with Gasteiger partial charge in [0.25, 0.3) is 5.91 Å². The van der Waals surface area contributed by atoms with Crippen LogP contribution in [0.15, 0.2) is 65.0 Å². The highest BCUT2D eigenvalue weighted by atomic mass is 32.1. The number of rotatable bonds is 6. The quantitative estimate of drug-likeness (QED) is 0.436.